The molecule has 0 heterocycles. The highest BCUT2D eigenvalue weighted by Crippen LogP contribution is 2.04. The smallest absolute Gasteiger partial charge is 0.326 e. The minimum Gasteiger partial charge on any atom is -0.480 e. The topological polar surface area (TPSA) is 193 Å². The fourth-order valence-corrected chi connectivity index (χ4v) is 2.54. The zero-order chi connectivity index (χ0) is 27.0. The maximum absolute atomic E-state index is 11.9. The van der Waals surface area contributed by atoms with E-state index in [0.717, 1.165) is 0 Å². The number of hydrogen-bond acceptors (Lipinski definition) is 11. The van der Waals surface area contributed by atoms with Crippen molar-refractivity contribution in [3.05, 3.63) is 0 Å². The number of ketones is 2. The van der Waals surface area contributed by atoms with Crippen LogP contribution in [0.1, 0.15) is 32.6 Å². The Labute approximate surface area is 209 Å². The Morgan fingerprint density at radius 2 is 1.44 bits per heavy atom. The summed E-state index contributed by atoms with van der Waals surface area (Å²) in [4.78, 5) is 66.8. The Morgan fingerprint density at radius 1 is 0.806 bits per heavy atom. The highest BCUT2D eigenvalue weighted by atomic mass is 16.5. The van der Waals surface area contributed by atoms with Crippen LogP contribution in [0.15, 0.2) is 0 Å². The number of rotatable bonds is 25. The van der Waals surface area contributed by atoms with Crippen LogP contribution in [-0.4, -0.2) is 113 Å². The van der Waals surface area contributed by atoms with Gasteiger partial charge in [0.1, 0.15) is 25.0 Å². The van der Waals surface area contributed by atoms with E-state index in [0.29, 0.717) is 32.8 Å². The van der Waals surface area contributed by atoms with Crippen molar-refractivity contribution >= 4 is 35.8 Å². The Morgan fingerprint density at radius 3 is 2.08 bits per heavy atom. The lowest BCUT2D eigenvalue weighted by Crippen LogP contribution is -2.42. The molecule has 0 rings (SSSR count). The summed E-state index contributed by atoms with van der Waals surface area (Å²) in [6, 6.07) is -1.26. The van der Waals surface area contributed by atoms with E-state index in [9.17, 15) is 28.8 Å². The van der Waals surface area contributed by atoms with E-state index in [-0.39, 0.29) is 76.2 Å². The minimum atomic E-state index is -1.29. The van der Waals surface area contributed by atoms with Gasteiger partial charge >= 0.3 is 5.97 Å². The quantitative estimate of drug-likeness (QED) is 0.0946. The SMILES string of the molecule is CC(=O)COCCOCCNC(=O)COCCOCCCC(=O)CCC(NC(=O)COC=O)C(=O)O. The molecule has 2 amide bonds. The van der Waals surface area contributed by atoms with Crippen LogP contribution in [0.4, 0.5) is 0 Å². The summed E-state index contributed by atoms with van der Waals surface area (Å²) in [5, 5.41) is 13.9. The molecule has 3 N–H and O–H groups in total. The average Bonchev–Trinajstić information content (AvgIpc) is 2.83. The third kappa shape index (κ3) is 21.6. The molecule has 1 atom stereocenters. The van der Waals surface area contributed by atoms with Crippen molar-refractivity contribution in [1.82, 2.24) is 10.6 Å². The molecule has 0 saturated carbocycles. The molecule has 14 nitrogen and oxygen atoms in total. The van der Waals surface area contributed by atoms with E-state index in [2.05, 4.69) is 15.4 Å². The van der Waals surface area contributed by atoms with E-state index in [4.69, 9.17) is 24.1 Å². The van der Waals surface area contributed by atoms with Gasteiger partial charge in [0.15, 0.2) is 12.4 Å². The summed E-state index contributed by atoms with van der Waals surface area (Å²) >= 11 is 0. The molecular weight excluding hydrogens is 484 g/mol. The molecule has 0 aromatic carbocycles. The lowest BCUT2D eigenvalue weighted by atomic mass is 10.1. The van der Waals surface area contributed by atoms with Gasteiger partial charge in [-0.3, -0.25) is 24.0 Å². The fourth-order valence-electron chi connectivity index (χ4n) is 2.54. The number of ether oxygens (including phenoxy) is 5. The minimum absolute atomic E-state index is 0.0390. The van der Waals surface area contributed by atoms with E-state index in [1.807, 2.05) is 0 Å². The van der Waals surface area contributed by atoms with Crippen LogP contribution >= 0.6 is 0 Å². The molecule has 1 unspecified atom stereocenters. The lowest BCUT2D eigenvalue weighted by Gasteiger charge is -2.13. The second-order valence-electron chi connectivity index (χ2n) is 7.43. The summed E-state index contributed by atoms with van der Waals surface area (Å²) in [5.41, 5.74) is 0. The normalized spacial score (nSPS) is 11.4. The van der Waals surface area contributed by atoms with Crippen molar-refractivity contribution in [2.24, 2.45) is 0 Å². The van der Waals surface area contributed by atoms with Crippen molar-refractivity contribution in [3.8, 4) is 0 Å². The summed E-state index contributed by atoms with van der Waals surface area (Å²) in [6.45, 7) is 2.79. The Hall–Kier alpha value is -2.94. The van der Waals surface area contributed by atoms with Crippen LogP contribution < -0.4 is 10.6 Å². The van der Waals surface area contributed by atoms with Gasteiger partial charge in [-0.15, -0.1) is 0 Å². The second kappa shape index (κ2) is 22.5. The second-order valence-corrected chi connectivity index (χ2v) is 7.43. The number of carbonyl (C=O) groups is 6. The Kier molecular flexibility index (Phi) is 20.7. The van der Waals surface area contributed by atoms with Gasteiger partial charge in [0.2, 0.25) is 5.91 Å². The Balaban J connectivity index is 3.63. The number of aliphatic carboxylic acids is 1. The molecule has 0 aromatic rings. The van der Waals surface area contributed by atoms with Gasteiger partial charge in [-0.2, -0.15) is 0 Å². The molecule has 0 aliphatic rings. The largest absolute Gasteiger partial charge is 0.480 e. The molecule has 14 heteroatoms. The predicted octanol–water partition coefficient (Wildman–Crippen LogP) is -1.37. The number of carbonyl (C=O) groups excluding carboxylic acids is 5. The zero-order valence-corrected chi connectivity index (χ0v) is 20.5. The van der Waals surface area contributed by atoms with Crippen molar-refractivity contribution in [2.75, 3.05) is 66.0 Å². The molecule has 0 aliphatic heterocycles. The van der Waals surface area contributed by atoms with Gasteiger partial charge < -0.3 is 39.4 Å². The molecule has 206 valence electrons. The van der Waals surface area contributed by atoms with Crippen LogP contribution in [0.2, 0.25) is 0 Å². The number of nitrogens with one attached hydrogen (secondary N) is 2. The van der Waals surface area contributed by atoms with Crippen molar-refractivity contribution in [2.45, 2.75) is 38.6 Å². The van der Waals surface area contributed by atoms with Crippen LogP contribution in [0.25, 0.3) is 0 Å². The number of Topliss-reactive ketones (excluding diaryl/α,β-unsaturated/α-hetero) is 2. The van der Waals surface area contributed by atoms with Gasteiger partial charge in [-0.25, -0.2) is 4.79 Å². The first kappa shape index (κ1) is 33.1. The van der Waals surface area contributed by atoms with Crippen LogP contribution in [0.5, 0.6) is 0 Å². The summed E-state index contributed by atoms with van der Waals surface area (Å²) in [5.74, 6) is -2.60. The van der Waals surface area contributed by atoms with Gasteiger partial charge in [0, 0.05) is 26.0 Å². The summed E-state index contributed by atoms with van der Waals surface area (Å²) in [7, 11) is 0. The van der Waals surface area contributed by atoms with E-state index >= 15 is 0 Å². The van der Waals surface area contributed by atoms with Crippen LogP contribution in [-0.2, 0) is 52.5 Å². The molecule has 0 aromatic heterocycles. The van der Waals surface area contributed by atoms with Gasteiger partial charge in [-0.05, 0) is 19.8 Å². The molecule has 0 bridgehead atoms. The first-order valence-corrected chi connectivity index (χ1v) is 11.4. The van der Waals surface area contributed by atoms with Gasteiger partial charge in [0.25, 0.3) is 12.4 Å². The number of carboxylic acid groups (broad SMARTS) is 1. The highest BCUT2D eigenvalue weighted by Gasteiger charge is 2.21. The summed E-state index contributed by atoms with van der Waals surface area (Å²) < 4.78 is 25.0. The molecule has 36 heavy (non-hydrogen) atoms. The van der Waals surface area contributed by atoms with Crippen molar-refractivity contribution in [1.29, 1.82) is 0 Å². The van der Waals surface area contributed by atoms with E-state index in [1.54, 1.807) is 0 Å². The van der Waals surface area contributed by atoms with E-state index < -0.39 is 24.5 Å². The number of amides is 2. The monoisotopic (exact) mass is 520 g/mol. The first-order chi connectivity index (χ1) is 17.3. The first-order valence-electron chi connectivity index (χ1n) is 11.4. The zero-order valence-electron chi connectivity index (χ0n) is 20.5. The van der Waals surface area contributed by atoms with Crippen molar-refractivity contribution in [3.63, 3.8) is 0 Å². The van der Waals surface area contributed by atoms with E-state index in [1.165, 1.54) is 6.92 Å². The maximum Gasteiger partial charge on any atom is 0.326 e. The average molecular weight is 521 g/mol. The van der Waals surface area contributed by atoms with Crippen LogP contribution in [0.3, 0.4) is 0 Å². The molecule has 0 aliphatic carbocycles. The summed E-state index contributed by atoms with van der Waals surface area (Å²) in [6.07, 6.45) is 0.487. The number of carboxylic acids is 1. The van der Waals surface area contributed by atoms with Gasteiger partial charge in [0.05, 0.1) is 33.0 Å². The maximum atomic E-state index is 11.9. The third-order valence-corrected chi connectivity index (χ3v) is 4.22. The molecule has 0 saturated heterocycles. The third-order valence-electron chi connectivity index (χ3n) is 4.22. The van der Waals surface area contributed by atoms with Gasteiger partial charge in [-0.1, -0.05) is 0 Å². The van der Waals surface area contributed by atoms with Crippen LogP contribution in [0, 0.1) is 0 Å². The highest BCUT2D eigenvalue weighted by molar-refractivity contribution is 5.85. The number of hydrogen-bond donors (Lipinski definition) is 3. The molecule has 0 fully saturated rings. The van der Waals surface area contributed by atoms with Crippen molar-refractivity contribution < 1.29 is 57.6 Å². The fraction of sp³-hybridized carbons (Fsp3) is 0.727. The lowest BCUT2D eigenvalue weighted by molar-refractivity contribution is -0.144. The molecule has 0 radical (unpaired) electrons. The molecular formula is C22H36N2O12. The molecule has 0 spiro atoms. The Bertz CT molecular complexity index is 686. The standard InChI is InChI=1S/C22H36N2O12/c1-17(26)13-34-11-10-33-8-6-23-20(28)14-35-12-9-32-7-2-3-18(27)4-5-19(22(30)31)24-21(29)15-36-16-25/h16,19H,2-15H2,1H3,(H,23,28)(H,24,29)(H,30,31). The predicted molar refractivity (Wildman–Crippen MR) is 122 cm³/mol.